The number of carbonyl (C=O) groups excluding carboxylic acids is 1. The van der Waals surface area contributed by atoms with E-state index in [-0.39, 0.29) is 18.1 Å². The first-order chi connectivity index (χ1) is 7.67. The second-order valence-electron chi connectivity index (χ2n) is 4.56. The summed E-state index contributed by atoms with van der Waals surface area (Å²) in [4.78, 5) is 13.8. The fourth-order valence-electron chi connectivity index (χ4n) is 2.06. The van der Waals surface area contributed by atoms with Crippen LogP contribution in [-0.2, 0) is 9.53 Å². The lowest BCUT2D eigenvalue weighted by atomic mass is 10.1. The number of unbranched alkanes of at least 4 members (excludes halogenated alkanes) is 2. The van der Waals surface area contributed by atoms with Crippen LogP contribution in [0, 0.1) is 0 Å². The maximum Gasteiger partial charge on any atom is 0.222 e. The van der Waals surface area contributed by atoms with Gasteiger partial charge in [0.25, 0.3) is 0 Å². The van der Waals surface area contributed by atoms with Crippen LogP contribution in [0.3, 0.4) is 0 Å². The van der Waals surface area contributed by atoms with E-state index < -0.39 is 0 Å². The van der Waals surface area contributed by atoms with Gasteiger partial charge in [-0.1, -0.05) is 19.8 Å². The fraction of sp³-hybridized carbons (Fsp3) is 0.917. The van der Waals surface area contributed by atoms with Crippen LogP contribution in [0.2, 0.25) is 0 Å². The van der Waals surface area contributed by atoms with Crippen molar-refractivity contribution in [3.05, 3.63) is 0 Å². The highest BCUT2D eigenvalue weighted by atomic mass is 16.5. The first-order valence-electron chi connectivity index (χ1n) is 6.30. The third kappa shape index (κ3) is 4.10. The Labute approximate surface area is 98.1 Å². The van der Waals surface area contributed by atoms with E-state index in [4.69, 9.17) is 10.5 Å². The Morgan fingerprint density at radius 3 is 2.81 bits per heavy atom. The number of nitrogens with zero attached hydrogens (tertiary/aromatic N) is 1. The third-order valence-corrected chi connectivity index (χ3v) is 2.94. The van der Waals surface area contributed by atoms with Crippen LogP contribution in [0.25, 0.3) is 0 Å². The van der Waals surface area contributed by atoms with Gasteiger partial charge >= 0.3 is 0 Å². The van der Waals surface area contributed by atoms with Gasteiger partial charge in [0, 0.05) is 26.1 Å². The number of carbonyl (C=O) groups is 1. The van der Waals surface area contributed by atoms with Crippen molar-refractivity contribution in [1.29, 1.82) is 0 Å². The Bertz CT molecular complexity index is 221. The highest BCUT2D eigenvalue weighted by Crippen LogP contribution is 2.12. The first-order valence-corrected chi connectivity index (χ1v) is 6.30. The minimum absolute atomic E-state index is 0.0128. The van der Waals surface area contributed by atoms with Gasteiger partial charge in [-0.25, -0.2) is 0 Å². The lowest BCUT2D eigenvalue weighted by Gasteiger charge is -2.36. The molecule has 0 aromatic rings. The SMILES string of the molecule is CCCCCC(=O)N1CC(C)OC(CN)C1. The van der Waals surface area contributed by atoms with Gasteiger partial charge in [0.15, 0.2) is 0 Å². The molecule has 0 aromatic carbocycles. The molecular formula is C12H24N2O2. The van der Waals surface area contributed by atoms with E-state index in [0.717, 1.165) is 19.3 Å². The highest BCUT2D eigenvalue weighted by molar-refractivity contribution is 5.76. The fourth-order valence-corrected chi connectivity index (χ4v) is 2.06. The summed E-state index contributed by atoms with van der Waals surface area (Å²) in [6.07, 6.45) is 4.06. The number of amides is 1. The zero-order chi connectivity index (χ0) is 12.0. The molecule has 1 amide bonds. The number of rotatable bonds is 5. The molecule has 2 unspecified atom stereocenters. The van der Waals surface area contributed by atoms with Crippen molar-refractivity contribution in [2.75, 3.05) is 19.6 Å². The van der Waals surface area contributed by atoms with Gasteiger partial charge in [-0.3, -0.25) is 4.79 Å². The van der Waals surface area contributed by atoms with Gasteiger partial charge in [0.1, 0.15) is 0 Å². The lowest BCUT2D eigenvalue weighted by molar-refractivity contribution is -0.143. The van der Waals surface area contributed by atoms with Gasteiger partial charge in [0.05, 0.1) is 12.2 Å². The van der Waals surface area contributed by atoms with Gasteiger partial charge < -0.3 is 15.4 Å². The Hall–Kier alpha value is -0.610. The minimum Gasteiger partial charge on any atom is -0.370 e. The summed E-state index contributed by atoms with van der Waals surface area (Å²) >= 11 is 0. The van der Waals surface area contributed by atoms with E-state index in [0.29, 0.717) is 26.1 Å². The van der Waals surface area contributed by atoms with Crippen molar-refractivity contribution in [3.63, 3.8) is 0 Å². The van der Waals surface area contributed by atoms with E-state index in [9.17, 15) is 4.79 Å². The van der Waals surface area contributed by atoms with E-state index in [1.54, 1.807) is 0 Å². The van der Waals surface area contributed by atoms with Gasteiger partial charge in [-0.05, 0) is 13.3 Å². The maximum absolute atomic E-state index is 11.9. The van der Waals surface area contributed by atoms with Crippen LogP contribution in [0.1, 0.15) is 39.5 Å². The van der Waals surface area contributed by atoms with Crippen molar-refractivity contribution in [1.82, 2.24) is 4.90 Å². The van der Waals surface area contributed by atoms with Crippen LogP contribution in [0.4, 0.5) is 0 Å². The molecule has 1 rings (SSSR count). The maximum atomic E-state index is 11.9. The molecule has 16 heavy (non-hydrogen) atoms. The summed E-state index contributed by atoms with van der Waals surface area (Å²) < 4.78 is 5.62. The monoisotopic (exact) mass is 228 g/mol. The van der Waals surface area contributed by atoms with E-state index in [2.05, 4.69) is 6.92 Å². The molecule has 0 radical (unpaired) electrons. The molecule has 0 saturated carbocycles. The molecule has 4 heteroatoms. The average Bonchev–Trinajstić information content (AvgIpc) is 2.28. The Morgan fingerprint density at radius 1 is 1.44 bits per heavy atom. The number of morpholine rings is 1. The summed E-state index contributed by atoms with van der Waals surface area (Å²) in [7, 11) is 0. The topological polar surface area (TPSA) is 55.6 Å². The molecule has 4 nitrogen and oxygen atoms in total. The van der Waals surface area contributed by atoms with E-state index >= 15 is 0 Å². The molecular weight excluding hydrogens is 204 g/mol. The predicted molar refractivity (Wildman–Crippen MR) is 64.1 cm³/mol. The molecule has 1 fully saturated rings. The van der Waals surface area contributed by atoms with Crippen molar-refractivity contribution in [2.24, 2.45) is 5.73 Å². The lowest BCUT2D eigenvalue weighted by Crippen LogP contribution is -2.51. The molecule has 0 aliphatic carbocycles. The smallest absolute Gasteiger partial charge is 0.222 e. The van der Waals surface area contributed by atoms with Crippen molar-refractivity contribution in [3.8, 4) is 0 Å². The van der Waals surface area contributed by atoms with Crippen LogP contribution in [0.5, 0.6) is 0 Å². The molecule has 1 aliphatic rings. The van der Waals surface area contributed by atoms with E-state index in [1.807, 2.05) is 11.8 Å². The zero-order valence-corrected chi connectivity index (χ0v) is 10.4. The second kappa shape index (κ2) is 6.86. The largest absolute Gasteiger partial charge is 0.370 e. The van der Waals surface area contributed by atoms with Crippen molar-refractivity contribution >= 4 is 5.91 Å². The molecule has 1 saturated heterocycles. The van der Waals surface area contributed by atoms with E-state index in [1.165, 1.54) is 0 Å². The van der Waals surface area contributed by atoms with Gasteiger partial charge in [-0.15, -0.1) is 0 Å². The van der Waals surface area contributed by atoms with Crippen LogP contribution >= 0.6 is 0 Å². The number of ether oxygens (including phenoxy) is 1. The third-order valence-electron chi connectivity index (χ3n) is 2.94. The number of hydrogen-bond donors (Lipinski definition) is 1. The summed E-state index contributed by atoms with van der Waals surface area (Å²) in [5.74, 6) is 0.252. The zero-order valence-electron chi connectivity index (χ0n) is 10.4. The highest BCUT2D eigenvalue weighted by Gasteiger charge is 2.26. The number of nitrogens with two attached hydrogens (primary N) is 1. The molecule has 94 valence electrons. The average molecular weight is 228 g/mol. The molecule has 0 aromatic heterocycles. The molecule has 2 N–H and O–H groups in total. The summed E-state index contributed by atoms with van der Waals surface area (Å²) in [6, 6.07) is 0. The second-order valence-corrected chi connectivity index (χ2v) is 4.56. The molecule has 2 atom stereocenters. The summed E-state index contributed by atoms with van der Waals surface area (Å²) in [6.45, 7) is 6.00. The van der Waals surface area contributed by atoms with Crippen LogP contribution in [0.15, 0.2) is 0 Å². The van der Waals surface area contributed by atoms with Crippen molar-refractivity contribution in [2.45, 2.75) is 51.7 Å². The van der Waals surface area contributed by atoms with Gasteiger partial charge in [-0.2, -0.15) is 0 Å². The number of hydrogen-bond acceptors (Lipinski definition) is 3. The Morgan fingerprint density at radius 2 is 2.19 bits per heavy atom. The summed E-state index contributed by atoms with van der Waals surface area (Å²) in [5.41, 5.74) is 5.59. The first kappa shape index (κ1) is 13.5. The molecule has 0 bridgehead atoms. The van der Waals surface area contributed by atoms with Crippen molar-refractivity contribution < 1.29 is 9.53 Å². The van der Waals surface area contributed by atoms with Crippen LogP contribution in [-0.4, -0.2) is 42.6 Å². The molecule has 1 aliphatic heterocycles. The quantitative estimate of drug-likeness (QED) is 0.718. The Kier molecular flexibility index (Phi) is 5.77. The Balaban J connectivity index is 2.36. The molecule has 1 heterocycles. The normalized spacial score (nSPS) is 25.8. The predicted octanol–water partition coefficient (Wildman–Crippen LogP) is 1.14. The van der Waals surface area contributed by atoms with Gasteiger partial charge in [0.2, 0.25) is 5.91 Å². The standard InChI is InChI=1S/C12H24N2O2/c1-3-4-5-6-12(15)14-8-10(2)16-11(7-13)9-14/h10-11H,3-9,13H2,1-2H3. The molecule has 0 spiro atoms. The minimum atomic E-state index is 0.0128. The van der Waals surface area contributed by atoms with Crippen LogP contribution < -0.4 is 5.73 Å². The summed E-state index contributed by atoms with van der Waals surface area (Å²) in [5, 5.41) is 0.